The lowest BCUT2D eigenvalue weighted by Gasteiger charge is -2.28. The molecule has 3 amide bonds. The zero-order chi connectivity index (χ0) is 29.2. The lowest BCUT2D eigenvalue weighted by Crippen LogP contribution is -2.45. The highest BCUT2D eigenvalue weighted by molar-refractivity contribution is 5.95. The quantitative estimate of drug-likeness (QED) is 0.206. The van der Waals surface area contributed by atoms with Gasteiger partial charge in [-0.1, -0.05) is 6.07 Å². The molecule has 12 nitrogen and oxygen atoms in total. The van der Waals surface area contributed by atoms with Gasteiger partial charge in [-0.25, -0.2) is 15.0 Å². The summed E-state index contributed by atoms with van der Waals surface area (Å²) in [4.78, 5) is 37.0. The normalized spacial score (nSPS) is 14.9. The molecule has 0 aromatic heterocycles. The fourth-order valence-electron chi connectivity index (χ4n) is 3.88. The maximum absolute atomic E-state index is 12.6. The number of hydrogen-bond acceptors (Lipinski definition) is 9. The number of nitrogens with one attached hydrogen (secondary N) is 3. The van der Waals surface area contributed by atoms with Gasteiger partial charge in [-0.2, -0.15) is 5.10 Å². The summed E-state index contributed by atoms with van der Waals surface area (Å²) in [6, 6.07) is 8.94. The van der Waals surface area contributed by atoms with Gasteiger partial charge in [0.2, 0.25) is 0 Å². The average molecular weight is 555 g/mol. The Bertz CT molecular complexity index is 1310. The van der Waals surface area contributed by atoms with Crippen molar-refractivity contribution >= 4 is 24.1 Å². The van der Waals surface area contributed by atoms with Crippen molar-refractivity contribution in [2.75, 3.05) is 27.4 Å². The molecule has 0 aliphatic carbocycles. The van der Waals surface area contributed by atoms with E-state index in [1.165, 1.54) is 13.3 Å². The Labute approximate surface area is 232 Å². The molecule has 3 N–H and O–H groups in total. The van der Waals surface area contributed by atoms with Gasteiger partial charge >= 0.3 is 12.0 Å². The summed E-state index contributed by atoms with van der Waals surface area (Å²) >= 11 is 0. The van der Waals surface area contributed by atoms with Crippen LogP contribution >= 0.6 is 0 Å². The van der Waals surface area contributed by atoms with E-state index in [-0.39, 0.29) is 30.6 Å². The molecule has 0 spiro atoms. The van der Waals surface area contributed by atoms with Crippen LogP contribution in [0.1, 0.15) is 44.9 Å². The van der Waals surface area contributed by atoms with Gasteiger partial charge in [-0.3, -0.25) is 4.79 Å². The number of amides is 3. The van der Waals surface area contributed by atoms with Crippen LogP contribution in [0, 0.1) is 0 Å². The Kier molecular flexibility index (Phi) is 10.3. The molecule has 0 bridgehead atoms. The molecule has 12 heteroatoms. The van der Waals surface area contributed by atoms with Crippen molar-refractivity contribution in [3.05, 3.63) is 58.8 Å². The minimum Gasteiger partial charge on any atom is -0.493 e. The molecule has 1 aliphatic rings. The Morgan fingerprint density at radius 3 is 2.42 bits per heavy atom. The SMILES string of the molecule is CCOC(=O)C1=C(C)NC(=O)N[C@@H]1c1ccc(OCC(=O)N/N=C\c2ccc(OC(C)C)c(OC)c2)c(OC)c1. The van der Waals surface area contributed by atoms with Crippen molar-refractivity contribution in [1.82, 2.24) is 16.1 Å². The van der Waals surface area contributed by atoms with E-state index in [0.29, 0.717) is 34.1 Å². The molecule has 2 aromatic carbocycles. The number of carbonyl (C=O) groups excluding carboxylic acids is 3. The molecule has 1 atom stereocenters. The number of allylic oxidation sites excluding steroid dienone is 1. The van der Waals surface area contributed by atoms with Gasteiger partial charge in [0.25, 0.3) is 5.91 Å². The van der Waals surface area contributed by atoms with Crippen molar-refractivity contribution in [3.8, 4) is 23.0 Å². The average Bonchev–Trinajstić information content (AvgIpc) is 2.91. The summed E-state index contributed by atoms with van der Waals surface area (Å²) in [5.41, 5.74) is 4.33. The predicted octanol–water partition coefficient (Wildman–Crippen LogP) is 3.21. The van der Waals surface area contributed by atoms with Crippen molar-refractivity contribution < 1.29 is 38.1 Å². The van der Waals surface area contributed by atoms with Crippen molar-refractivity contribution in [2.45, 2.75) is 39.8 Å². The van der Waals surface area contributed by atoms with Gasteiger partial charge in [-0.15, -0.1) is 0 Å². The number of carbonyl (C=O) groups is 3. The van der Waals surface area contributed by atoms with E-state index in [2.05, 4.69) is 21.2 Å². The van der Waals surface area contributed by atoms with Gasteiger partial charge < -0.3 is 34.3 Å². The minimum absolute atomic E-state index is 0.00365. The summed E-state index contributed by atoms with van der Waals surface area (Å²) in [7, 11) is 2.99. The van der Waals surface area contributed by atoms with Gasteiger partial charge in [0.1, 0.15) is 0 Å². The van der Waals surface area contributed by atoms with Crippen molar-refractivity contribution in [2.24, 2.45) is 5.10 Å². The predicted molar refractivity (Wildman–Crippen MR) is 147 cm³/mol. The van der Waals surface area contributed by atoms with Gasteiger partial charge in [-0.05, 0) is 69.2 Å². The number of nitrogens with zero attached hydrogens (tertiary/aromatic N) is 1. The van der Waals surface area contributed by atoms with Crippen LogP contribution in [-0.2, 0) is 14.3 Å². The van der Waals surface area contributed by atoms with Crippen LogP contribution in [-0.4, -0.2) is 57.7 Å². The van der Waals surface area contributed by atoms with Crippen LogP contribution in [0.25, 0.3) is 0 Å². The molecule has 40 heavy (non-hydrogen) atoms. The van der Waals surface area contributed by atoms with Crippen molar-refractivity contribution in [3.63, 3.8) is 0 Å². The summed E-state index contributed by atoms with van der Waals surface area (Å²) < 4.78 is 27.3. The number of methoxy groups -OCH3 is 2. The topological polar surface area (TPSA) is 146 Å². The third-order valence-electron chi connectivity index (χ3n) is 5.60. The smallest absolute Gasteiger partial charge is 0.338 e. The summed E-state index contributed by atoms with van der Waals surface area (Å²) in [6.07, 6.45) is 1.47. The second-order valence-electron chi connectivity index (χ2n) is 8.86. The highest BCUT2D eigenvalue weighted by Crippen LogP contribution is 2.34. The monoisotopic (exact) mass is 554 g/mol. The molecule has 0 radical (unpaired) electrons. The fourth-order valence-corrected chi connectivity index (χ4v) is 3.88. The second kappa shape index (κ2) is 13.9. The first kappa shape index (κ1) is 29.8. The number of rotatable bonds is 12. The number of benzene rings is 2. The van der Waals surface area contributed by atoms with E-state index >= 15 is 0 Å². The first-order valence-corrected chi connectivity index (χ1v) is 12.6. The van der Waals surface area contributed by atoms with E-state index in [1.54, 1.807) is 57.4 Å². The lowest BCUT2D eigenvalue weighted by atomic mass is 9.95. The van der Waals surface area contributed by atoms with Crippen LogP contribution in [0.4, 0.5) is 4.79 Å². The molecule has 1 aliphatic heterocycles. The maximum atomic E-state index is 12.6. The third kappa shape index (κ3) is 7.65. The first-order chi connectivity index (χ1) is 19.2. The summed E-state index contributed by atoms with van der Waals surface area (Å²) in [5, 5.41) is 9.28. The van der Waals surface area contributed by atoms with Crippen LogP contribution < -0.4 is 35.0 Å². The molecule has 0 saturated carbocycles. The van der Waals surface area contributed by atoms with Crippen LogP contribution in [0.15, 0.2) is 52.8 Å². The van der Waals surface area contributed by atoms with Gasteiger partial charge in [0.15, 0.2) is 29.6 Å². The molecular formula is C28H34N4O8. The zero-order valence-corrected chi connectivity index (χ0v) is 23.3. The lowest BCUT2D eigenvalue weighted by molar-refractivity contribution is -0.139. The molecule has 0 unspecified atom stereocenters. The number of ether oxygens (including phenoxy) is 5. The molecule has 0 saturated heterocycles. The first-order valence-electron chi connectivity index (χ1n) is 12.6. The van der Waals surface area contributed by atoms with Crippen LogP contribution in [0.2, 0.25) is 0 Å². The Morgan fingerprint density at radius 1 is 1.05 bits per heavy atom. The fraction of sp³-hybridized carbons (Fsp3) is 0.357. The number of hydrogen-bond donors (Lipinski definition) is 3. The van der Waals surface area contributed by atoms with E-state index in [4.69, 9.17) is 23.7 Å². The molecule has 214 valence electrons. The largest absolute Gasteiger partial charge is 0.493 e. The zero-order valence-electron chi connectivity index (χ0n) is 23.3. The Balaban J connectivity index is 1.65. The highest BCUT2D eigenvalue weighted by atomic mass is 16.5. The third-order valence-corrected chi connectivity index (χ3v) is 5.60. The summed E-state index contributed by atoms with van der Waals surface area (Å²) in [5.74, 6) is 0.702. The Hall–Kier alpha value is -4.74. The number of hydrazone groups is 1. The molecule has 2 aromatic rings. The molecular weight excluding hydrogens is 520 g/mol. The van der Waals surface area contributed by atoms with E-state index in [9.17, 15) is 14.4 Å². The van der Waals surface area contributed by atoms with Crippen molar-refractivity contribution in [1.29, 1.82) is 0 Å². The van der Waals surface area contributed by atoms with E-state index in [1.807, 2.05) is 13.8 Å². The number of esters is 1. The molecule has 3 rings (SSSR count). The van der Waals surface area contributed by atoms with Gasteiger partial charge in [0, 0.05) is 5.70 Å². The minimum atomic E-state index is -0.766. The number of urea groups is 1. The Morgan fingerprint density at radius 2 is 1.75 bits per heavy atom. The highest BCUT2D eigenvalue weighted by Gasteiger charge is 2.32. The van der Waals surface area contributed by atoms with Gasteiger partial charge in [0.05, 0.1) is 44.8 Å². The standard InChI is InChI=1S/C28H34N4O8/c1-7-38-27(34)25-17(4)30-28(35)31-26(25)19-9-11-20(23(13-19)37-6)39-15-24(33)32-29-14-18-8-10-21(40-16(2)3)22(12-18)36-5/h8-14,16,26H,7,15H2,1-6H3,(H,32,33)(H2,30,31,35)/b29-14-/t26-/m1/s1. The second-order valence-corrected chi connectivity index (χ2v) is 8.86. The maximum Gasteiger partial charge on any atom is 0.338 e. The molecule has 1 heterocycles. The van der Waals surface area contributed by atoms with E-state index in [0.717, 1.165) is 0 Å². The van der Waals surface area contributed by atoms with Crippen LogP contribution in [0.3, 0.4) is 0 Å². The molecule has 0 fully saturated rings. The van der Waals surface area contributed by atoms with Crippen LogP contribution in [0.5, 0.6) is 23.0 Å². The summed E-state index contributed by atoms with van der Waals surface area (Å²) in [6.45, 7) is 7.02. The van der Waals surface area contributed by atoms with E-state index < -0.39 is 23.9 Å².